The fraction of sp³-hybridized carbons (Fsp3) is 0.389. The van der Waals surface area contributed by atoms with E-state index in [4.69, 9.17) is 0 Å². The largest absolute Gasteiger partial charge is 0.354 e. The summed E-state index contributed by atoms with van der Waals surface area (Å²) >= 11 is 0. The van der Waals surface area contributed by atoms with Crippen LogP contribution in [0.15, 0.2) is 41.4 Å². The number of anilines is 1. The van der Waals surface area contributed by atoms with Gasteiger partial charge in [0, 0.05) is 32.2 Å². The van der Waals surface area contributed by atoms with Gasteiger partial charge in [0.15, 0.2) is 0 Å². The van der Waals surface area contributed by atoms with E-state index in [0.717, 1.165) is 12.0 Å². The van der Waals surface area contributed by atoms with E-state index in [2.05, 4.69) is 4.98 Å². The van der Waals surface area contributed by atoms with Gasteiger partial charge in [0.1, 0.15) is 12.0 Å². The molecule has 1 aromatic carbocycles. The quantitative estimate of drug-likeness (QED) is 0.574. The van der Waals surface area contributed by atoms with Gasteiger partial charge in [-0.2, -0.15) is 4.31 Å². The van der Waals surface area contributed by atoms with Crippen LogP contribution < -0.4 is 4.90 Å². The van der Waals surface area contributed by atoms with Gasteiger partial charge in [-0.1, -0.05) is 19.1 Å². The van der Waals surface area contributed by atoms with Crippen LogP contribution in [0.2, 0.25) is 0 Å². The predicted molar refractivity (Wildman–Crippen MR) is 102 cm³/mol. The van der Waals surface area contributed by atoms with Gasteiger partial charge >= 0.3 is 0 Å². The van der Waals surface area contributed by atoms with Crippen molar-refractivity contribution < 1.29 is 13.3 Å². The fourth-order valence-electron chi connectivity index (χ4n) is 3.17. The molecule has 27 heavy (non-hydrogen) atoms. The molecule has 9 heteroatoms. The lowest BCUT2D eigenvalue weighted by Gasteiger charge is -2.35. The van der Waals surface area contributed by atoms with Crippen LogP contribution in [0.25, 0.3) is 0 Å². The molecule has 3 rings (SSSR count). The second-order valence-corrected chi connectivity index (χ2v) is 8.42. The molecule has 0 N–H and O–H groups in total. The van der Waals surface area contributed by atoms with Crippen LogP contribution in [0.3, 0.4) is 0 Å². The number of piperazine rings is 1. The molecule has 0 spiro atoms. The van der Waals surface area contributed by atoms with E-state index in [1.165, 1.54) is 16.6 Å². The van der Waals surface area contributed by atoms with Gasteiger partial charge in [0.05, 0.1) is 9.82 Å². The Morgan fingerprint density at radius 1 is 1.15 bits per heavy atom. The molecule has 2 heterocycles. The number of pyridine rings is 1. The molecule has 0 atom stereocenters. The summed E-state index contributed by atoms with van der Waals surface area (Å²) in [5.41, 5.74) is 1.75. The van der Waals surface area contributed by atoms with E-state index in [1.54, 1.807) is 19.1 Å². The van der Waals surface area contributed by atoms with Crippen molar-refractivity contribution >= 4 is 21.5 Å². The normalized spacial score (nSPS) is 15.7. The van der Waals surface area contributed by atoms with E-state index in [0.29, 0.717) is 42.5 Å². The van der Waals surface area contributed by atoms with Crippen molar-refractivity contribution in [3.8, 4) is 0 Å². The van der Waals surface area contributed by atoms with Crippen LogP contribution in [0.4, 0.5) is 11.5 Å². The molecule has 0 amide bonds. The minimum absolute atomic E-state index is 0.0482. The summed E-state index contributed by atoms with van der Waals surface area (Å²) in [6.07, 6.45) is 2.10. The molecule has 1 fully saturated rings. The van der Waals surface area contributed by atoms with Crippen LogP contribution in [-0.4, -0.2) is 48.8 Å². The van der Waals surface area contributed by atoms with Gasteiger partial charge in [0.2, 0.25) is 10.0 Å². The van der Waals surface area contributed by atoms with Gasteiger partial charge in [-0.15, -0.1) is 0 Å². The minimum Gasteiger partial charge on any atom is -0.354 e. The highest BCUT2D eigenvalue weighted by Crippen LogP contribution is 2.24. The number of rotatable bonds is 5. The summed E-state index contributed by atoms with van der Waals surface area (Å²) in [7, 11) is -3.52. The molecular formula is C18H22N4O4S. The maximum Gasteiger partial charge on any atom is 0.287 e. The zero-order chi connectivity index (χ0) is 19.6. The molecule has 1 aliphatic rings. The Bertz CT molecular complexity index is 936. The highest BCUT2D eigenvalue weighted by Gasteiger charge is 2.29. The molecule has 0 bridgehead atoms. The molecule has 144 valence electrons. The standard InChI is InChI=1S/C18H22N4O4S/c1-3-15-4-6-17(7-5-15)27(25,26)21-10-8-20(9-11-21)18-14(2)12-16(13-19-18)22(23)24/h4-7,12-13H,3,8-11H2,1-2H3. The van der Waals surface area contributed by atoms with E-state index >= 15 is 0 Å². The molecule has 8 nitrogen and oxygen atoms in total. The van der Waals surface area contributed by atoms with Crippen LogP contribution in [-0.2, 0) is 16.4 Å². The smallest absolute Gasteiger partial charge is 0.287 e. The van der Waals surface area contributed by atoms with E-state index < -0.39 is 14.9 Å². The molecule has 2 aromatic rings. The first-order chi connectivity index (χ1) is 12.8. The lowest BCUT2D eigenvalue weighted by atomic mass is 10.2. The number of nitrogens with zero attached hydrogens (tertiary/aromatic N) is 4. The SMILES string of the molecule is CCc1ccc(S(=O)(=O)N2CCN(c3ncc([N+](=O)[O-])cc3C)CC2)cc1. The molecule has 0 radical (unpaired) electrons. The van der Waals surface area contributed by atoms with Crippen molar-refractivity contribution in [1.82, 2.24) is 9.29 Å². The van der Waals surface area contributed by atoms with E-state index in [9.17, 15) is 18.5 Å². The Morgan fingerprint density at radius 3 is 2.30 bits per heavy atom. The number of aromatic nitrogens is 1. The Balaban J connectivity index is 1.72. The zero-order valence-electron chi connectivity index (χ0n) is 15.3. The Labute approximate surface area is 158 Å². The summed E-state index contributed by atoms with van der Waals surface area (Å²) in [6.45, 7) is 5.45. The van der Waals surface area contributed by atoms with Crippen molar-refractivity contribution in [2.75, 3.05) is 31.1 Å². The molecule has 1 aromatic heterocycles. The maximum absolute atomic E-state index is 12.8. The highest BCUT2D eigenvalue weighted by molar-refractivity contribution is 7.89. The predicted octanol–water partition coefficient (Wildman–Crippen LogP) is 2.37. The molecule has 1 aliphatic heterocycles. The third-order valence-electron chi connectivity index (χ3n) is 4.75. The number of aryl methyl sites for hydroxylation is 2. The second-order valence-electron chi connectivity index (χ2n) is 6.48. The van der Waals surface area contributed by atoms with E-state index in [1.807, 2.05) is 24.0 Å². The van der Waals surface area contributed by atoms with Crippen LogP contribution in [0.5, 0.6) is 0 Å². The first kappa shape index (κ1) is 19.2. The van der Waals surface area contributed by atoms with Crippen molar-refractivity contribution in [1.29, 1.82) is 0 Å². The van der Waals surface area contributed by atoms with Crippen LogP contribution in [0.1, 0.15) is 18.1 Å². The first-order valence-corrected chi connectivity index (χ1v) is 10.2. The van der Waals surface area contributed by atoms with Crippen LogP contribution >= 0.6 is 0 Å². The summed E-state index contributed by atoms with van der Waals surface area (Å²) in [6, 6.07) is 8.48. The van der Waals surface area contributed by atoms with E-state index in [-0.39, 0.29) is 5.69 Å². The highest BCUT2D eigenvalue weighted by atomic mass is 32.2. The van der Waals surface area contributed by atoms with Crippen molar-refractivity contribution in [2.24, 2.45) is 0 Å². The van der Waals surface area contributed by atoms with Crippen molar-refractivity contribution in [3.63, 3.8) is 0 Å². The molecule has 0 saturated carbocycles. The van der Waals surface area contributed by atoms with Gasteiger partial charge in [-0.3, -0.25) is 10.1 Å². The summed E-state index contributed by atoms with van der Waals surface area (Å²) in [4.78, 5) is 16.8. The summed E-state index contributed by atoms with van der Waals surface area (Å²) in [5.74, 6) is 0.657. The molecule has 1 saturated heterocycles. The number of hydrogen-bond donors (Lipinski definition) is 0. The summed E-state index contributed by atoms with van der Waals surface area (Å²) in [5, 5.41) is 10.8. The number of benzene rings is 1. The number of sulfonamides is 1. The summed E-state index contributed by atoms with van der Waals surface area (Å²) < 4.78 is 27.1. The van der Waals surface area contributed by atoms with Gasteiger partial charge in [0.25, 0.3) is 5.69 Å². The van der Waals surface area contributed by atoms with Gasteiger partial charge < -0.3 is 4.90 Å². The van der Waals surface area contributed by atoms with Crippen LogP contribution in [0, 0.1) is 17.0 Å². The molecular weight excluding hydrogens is 368 g/mol. The van der Waals surface area contributed by atoms with Crippen molar-refractivity contribution in [3.05, 3.63) is 57.8 Å². The fourth-order valence-corrected chi connectivity index (χ4v) is 4.59. The topological polar surface area (TPSA) is 96.7 Å². The number of nitro groups is 1. The first-order valence-electron chi connectivity index (χ1n) is 8.78. The zero-order valence-corrected chi connectivity index (χ0v) is 16.1. The van der Waals surface area contributed by atoms with Gasteiger partial charge in [-0.25, -0.2) is 13.4 Å². The third kappa shape index (κ3) is 3.93. The third-order valence-corrected chi connectivity index (χ3v) is 6.67. The van der Waals surface area contributed by atoms with Crippen molar-refractivity contribution in [2.45, 2.75) is 25.2 Å². The molecule has 0 aliphatic carbocycles. The monoisotopic (exact) mass is 390 g/mol. The lowest BCUT2D eigenvalue weighted by molar-refractivity contribution is -0.385. The second kappa shape index (κ2) is 7.61. The minimum atomic E-state index is -3.52. The number of hydrogen-bond acceptors (Lipinski definition) is 6. The lowest BCUT2D eigenvalue weighted by Crippen LogP contribution is -2.49. The average Bonchev–Trinajstić information content (AvgIpc) is 2.68. The average molecular weight is 390 g/mol. The van der Waals surface area contributed by atoms with Gasteiger partial charge in [-0.05, 0) is 36.6 Å². The maximum atomic E-state index is 12.8. The Morgan fingerprint density at radius 2 is 1.78 bits per heavy atom. The molecule has 0 unspecified atom stereocenters. The Hall–Kier alpha value is -2.52. The Kier molecular flexibility index (Phi) is 5.43.